The van der Waals surface area contributed by atoms with Gasteiger partial charge >= 0.3 is 0 Å². The van der Waals surface area contributed by atoms with Crippen molar-refractivity contribution < 1.29 is 0 Å². The molecular formula is C46H30N4S. The summed E-state index contributed by atoms with van der Waals surface area (Å²) in [7, 11) is 0. The van der Waals surface area contributed by atoms with Crippen molar-refractivity contribution >= 4 is 65.5 Å². The van der Waals surface area contributed by atoms with Gasteiger partial charge in [0.1, 0.15) is 0 Å². The van der Waals surface area contributed by atoms with E-state index in [0.717, 1.165) is 32.5 Å². The minimum absolute atomic E-state index is 0.262. The standard InChI is InChI=1S/C46H30N4S/c1-3-12-30(13-4-1)43-45-39(25-26-51-45)47-46(48-43)50-42-24-21-32(28-38(42)36-22-19-29-11-7-8-16-34(29)44(36)50)31-20-23-41-37(27-31)35-17-9-10-18-40(35)49(41)33-14-5-2-6-15-33/h1-28,35,40H. The van der Waals surface area contributed by atoms with Crippen molar-refractivity contribution in [2.75, 3.05) is 4.90 Å². The fourth-order valence-electron chi connectivity index (χ4n) is 8.32. The topological polar surface area (TPSA) is 34.0 Å². The van der Waals surface area contributed by atoms with Crippen LogP contribution in [0.15, 0.2) is 169 Å². The number of hydrogen-bond donors (Lipinski definition) is 0. The van der Waals surface area contributed by atoms with Crippen LogP contribution >= 0.6 is 11.3 Å². The average molecular weight is 671 g/mol. The molecule has 2 atom stereocenters. The number of thiophene rings is 1. The van der Waals surface area contributed by atoms with Gasteiger partial charge in [0, 0.05) is 39.0 Å². The molecule has 9 aromatic rings. The van der Waals surface area contributed by atoms with Gasteiger partial charge in [-0.1, -0.05) is 121 Å². The van der Waals surface area contributed by atoms with Gasteiger partial charge in [-0.2, -0.15) is 0 Å². The maximum absolute atomic E-state index is 5.33. The summed E-state index contributed by atoms with van der Waals surface area (Å²) in [4.78, 5) is 13.0. The third-order valence-corrected chi connectivity index (χ3v) is 11.5. The summed E-state index contributed by atoms with van der Waals surface area (Å²) in [5.41, 5.74) is 11.5. The summed E-state index contributed by atoms with van der Waals surface area (Å²) in [6.07, 6.45) is 9.06. The second-order valence-corrected chi connectivity index (χ2v) is 14.3. The van der Waals surface area contributed by atoms with Gasteiger partial charge in [-0.25, -0.2) is 9.97 Å². The summed E-state index contributed by atoms with van der Waals surface area (Å²) >= 11 is 1.69. The molecule has 0 amide bonds. The highest BCUT2D eigenvalue weighted by Crippen LogP contribution is 2.49. The van der Waals surface area contributed by atoms with E-state index in [1.807, 2.05) is 0 Å². The average Bonchev–Trinajstić information content (AvgIpc) is 3.90. The molecule has 0 fully saturated rings. The van der Waals surface area contributed by atoms with Crippen molar-refractivity contribution in [1.82, 2.24) is 14.5 Å². The monoisotopic (exact) mass is 670 g/mol. The molecule has 0 spiro atoms. The number of anilines is 2. The van der Waals surface area contributed by atoms with Gasteiger partial charge in [0.2, 0.25) is 5.95 Å². The Morgan fingerprint density at radius 2 is 1.37 bits per heavy atom. The highest BCUT2D eigenvalue weighted by atomic mass is 32.1. The minimum Gasteiger partial charge on any atom is -0.333 e. The van der Waals surface area contributed by atoms with Crippen LogP contribution in [0.3, 0.4) is 0 Å². The summed E-state index contributed by atoms with van der Waals surface area (Å²) < 4.78 is 3.38. The van der Waals surface area contributed by atoms with Crippen molar-refractivity contribution in [1.29, 1.82) is 0 Å². The highest BCUT2D eigenvalue weighted by molar-refractivity contribution is 7.17. The molecule has 0 saturated heterocycles. The molecule has 2 unspecified atom stereocenters. The second kappa shape index (κ2) is 11.1. The summed E-state index contributed by atoms with van der Waals surface area (Å²) in [5.74, 6) is 0.982. The number of hydrogen-bond acceptors (Lipinski definition) is 4. The molecule has 2 aliphatic rings. The third kappa shape index (κ3) is 4.32. The van der Waals surface area contributed by atoms with E-state index in [2.05, 4.69) is 179 Å². The largest absolute Gasteiger partial charge is 0.333 e. The van der Waals surface area contributed by atoms with Crippen molar-refractivity contribution in [2.45, 2.75) is 12.0 Å². The molecule has 4 heterocycles. The number of benzene rings is 6. The lowest BCUT2D eigenvalue weighted by molar-refractivity contribution is 0.745. The molecular weight excluding hydrogens is 641 g/mol. The van der Waals surface area contributed by atoms with Crippen molar-refractivity contribution in [2.24, 2.45) is 0 Å². The van der Waals surface area contributed by atoms with E-state index < -0.39 is 0 Å². The van der Waals surface area contributed by atoms with Crippen LogP contribution < -0.4 is 4.90 Å². The Labute approximate surface area is 298 Å². The second-order valence-electron chi connectivity index (χ2n) is 13.4. The quantitative estimate of drug-likeness (QED) is 0.187. The van der Waals surface area contributed by atoms with E-state index in [1.54, 1.807) is 11.3 Å². The Morgan fingerprint density at radius 1 is 0.588 bits per heavy atom. The van der Waals surface area contributed by atoms with Gasteiger partial charge in [0.25, 0.3) is 0 Å². The molecule has 0 N–H and O–H groups in total. The molecule has 5 heteroatoms. The van der Waals surface area contributed by atoms with Gasteiger partial charge in [0.05, 0.1) is 33.0 Å². The van der Waals surface area contributed by atoms with E-state index in [4.69, 9.17) is 9.97 Å². The van der Waals surface area contributed by atoms with Crippen LogP contribution in [0.4, 0.5) is 11.4 Å². The van der Waals surface area contributed by atoms with E-state index in [9.17, 15) is 0 Å². The Kier molecular flexibility index (Phi) is 6.21. The molecule has 6 aromatic carbocycles. The molecule has 240 valence electrons. The van der Waals surface area contributed by atoms with Gasteiger partial charge in [0.15, 0.2) is 0 Å². The fraction of sp³-hybridized carbons (Fsp3) is 0.0435. The first kappa shape index (κ1) is 28.5. The van der Waals surface area contributed by atoms with Gasteiger partial charge in [-0.05, 0) is 69.9 Å². The van der Waals surface area contributed by atoms with Crippen molar-refractivity contribution in [3.63, 3.8) is 0 Å². The fourth-order valence-corrected chi connectivity index (χ4v) is 9.16. The zero-order valence-corrected chi connectivity index (χ0v) is 28.3. The Morgan fingerprint density at radius 3 is 2.27 bits per heavy atom. The van der Waals surface area contributed by atoms with Gasteiger partial charge in [-0.15, -0.1) is 11.3 Å². The number of rotatable bonds is 4. The van der Waals surface area contributed by atoms with Crippen LogP contribution in [0, 0.1) is 0 Å². The van der Waals surface area contributed by atoms with Crippen molar-refractivity contribution in [3.05, 3.63) is 175 Å². The van der Waals surface area contributed by atoms with Crippen LogP contribution in [0.1, 0.15) is 11.5 Å². The van der Waals surface area contributed by atoms with Crippen LogP contribution in [0.25, 0.3) is 71.1 Å². The molecule has 4 nitrogen and oxygen atoms in total. The molecule has 3 aromatic heterocycles. The Bertz CT molecular complexity index is 2880. The van der Waals surface area contributed by atoms with E-state index >= 15 is 0 Å². The zero-order chi connectivity index (χ0) is 33.5. The SMILES string of the molecule is C1=CC2c3cc(-c4ccc5c(c4)c4ccc6ccccc6c4n5-c4nc(-c5ccccc5)c5sccc5n4)ccc3N(c3ccccc3)C2C=C1. The van der Waals surface area contributed by atoms with Crippen LogP contribution in [-0.2, 0) is 0 Å². The summed E-state index contributed by atoms with van der Waals surface area (Å²) in [5, 5.41) is 6.87. The molecule has 1 aliphatic carbocycles. The molecule has 1 aliphatic heterocycles. The Hall–Kier alpha value is -6.30. The highest BCUT2D eigenvalue weighted by Gasteiger charge is 2.37. The summed E-state index contributed by atoms with van der Waals surface area (Å²) in [6.45, 7) is 0. The lowest BCUT2D eigenvalue weighted by atomic mass is 9.89. The van der Waals surface area contributed by atoms with Crippen molar-refractivity contribution in [3.8, 4) is 28.3 Å². The normalized spacial score (nSPS) is 16.4. The number of aromatic nitrogens is 3. The predicted octanol–water partition coefficient (Wildman–Crippen LogP) is 12.0. The first-order valence-corrected chi connectivity index (χ1v) is 18.3. The first-order chi connectivity index (χ1) is 25.3. The number of nitrogens with zero attached hydrogens (tertiary/aromatic N) is 4. The lowest BCUT2D eigenvalue weighted by Crippen LogP contribution is -2.28. The number of allylic oxidation sites excluding steroid dienone is 2. The molecule has 0 radical (unpaired) electrons. The van der Waals surface area contributed by atoms with Crippen LogP contribution in [0.5, 0.6) is 0 Å². The van der Waals surface area contributed by atoms with E-state index in [-0.39, 0.29) is 6.04 Å². The Balaban J connectivity index is 1.13. The zero-order valence-electron chi connectivity index (χ0n) is 27.5. The smallest absolute Gasteiger partial charge is 0.235 e. The predicted molar refractivity (Wildman–Crippen MR) is 214 cm³/mol. The lowest BCUT2D eigenvalue weighted by Gasteiger charge is -2.28. The molecule has 0 saturated carbocycles. The molecule has 51 heavy (non-hydrogen) atoms. The molecule has 0 bridgehead atoms. The maximum Gasteiger partial charge on any atom is 0.235 e. The van der Waals surface area contributed by atoms with Gasteiger partial charge < -0.3 is 4.90 Å². The minimum atomic E-state index is 0.262. The summed E-state index contributed by atoms with van der Waals surface area (Å²) in [6, 6.07) is 50.6. The van der Waals surface area contributed by atoms with Gasteiger partial charge in [-0.3, -0.25) is 4.57 Å². The van der Waals surface area contributed by atoms with E-state index in [0.29, 0.717) is 11.9 Å². The maximum atomic E-state index is 5.33. The first-order valence-electron chi connectivity index (χ1n) is 17.4. The van der Waals surface area contributed by atoms with Crippen LogP contribution in [-0.4, -0.2) is 20.6 Å². The van der Waals surface area contributed by atoms with Crippen LogP contribution in [0.2, 0.25) is 0 Å². The third-order valence-electron chi connectivity index (χ3n) is 10.6. The number of fused-ring (bicyclic) bond motifs is 9. The number of para-hydroxylation sites is 1. The molecule has 11 rings (SSSR count). The van der Waals surface area contributed by atoms with E-state index in [1.165, 1.54) is 49.6 Å².